The molecule has 13 heteroatoms. The van der Waals surface area contributed by atoms with E-state index in [0.29, 0.717) is 0 Å². The molecule has 0 atom stereocenters. The maximum absolute atomic E-state index is 10.8. The van der Waals surface area contributed by atoms with Gasteiger partial charge in [-0.15, -0.1) is 0 Å². The summed E-state index contributed by atoms with van der Waals surface area (Å²) in [6.45, 7) is -1.30. The van der Waals surface area contributed by atoms with E-state index in [1.807, 2.05) is 0 Å². The molecule has 31 heavy (non-hydrogen) atoms. The van der Waals surface area contributed by atoms with Crippen molar-refractivity contribution >= 4 is 93.1 Å². The summed E-state index contributed by atoms with van der Waals surface area (Å²) in [6.07, 6.45) is 0. The Hall–Kier alpha value is -0.990. The van der Waals surface area contributed by atoms with Crippen LogP contribution < -0.4 is 9.47 Å². The molecule has 0 unspecified atom stereocenters. The summed E-state index contributed by atoms with van der Waals surface area (Å²) in [5.74, 6) is -3.53. The molecular weight excluding hydrogens is 560 g/mol. The van der Waals surface area contributed by atoms with Gasteiger partial charge in [-0.2, -0.15) is 0 Å². The third-order valence-electron chi connectivity index (χ3n) is 3.73. The molecule has 2 N–H and O–H groups in total. The van der Waals surface area contributed by atoms with Crippen LogP contribution in [0.5, 0.6) is 11.5 Å². The van der Waals surface area contributed by atoms with Gasteiger partial charge < -0.3 is 19.7 Å². The third kappa shape index (κ3) is 6.99. The summed E-state index contributed by atoms with van der Waals surface area (Å²) in [4.78, 5) is 21.6. The van der Waals surface area contributed by atoms with Crippen molar-refractivity contribution in [3.8, 4) is 11.5 Å². The average molecular weight is 571 g/mol. The molecule has 2 rings (SSSR count). The fourth-order valence-electron chi connectivity index (χ4n) is 2.57. The van der Waals surface area contributed by atoms with Crippen LogP contribution in [0.4, 0.5) is 0 Å². The molecular formula is C18H11Cl7O6. The van der Waals surface area contributed by atoms with Crippen molar-refractivity contribution in [2.24, 2.45) is 0 Å². The number of alkyl halides is 3. The molecule has 168 valence electrons. The number of carboxylic acids is 2. The molecule has 0 aliphatic heterocycles. The summed E-state index contributed by atoms with van der Waals surface area (Å²) in [7, 11) is 0. The first kappa shape index (κ1) is 26.3. The molecule has 0 saturated heterocycles. The van der Waals surface area contributed by atoms with E-state index in [1.54, 1.807) is 0 Å². The van der Waals surface area contributed by atoms with Crippen LogP contribution in [-0.2, 0) is 9.59 Å². The molecule has 0 aliphatic rings. The highest BCUT2D eigenvalue weighted by Crippen LogP contribution is 2.52. The Morgan fingerprint density at radius 3 is 1.42 bits per heavy atom. The van der Waals surface area contributed by atoms with E-state index in [4.69, 9.17) is 101 Å². The van der Waals surface area contributed by atoms with Gasteiger partial charge in [0.15, 0.2) is 13.2 Å². The second-order valence-electron chi connectivity index (χ2n) is 5.96. The van der Waals surface area contributed by atoms with Gasteiger partial charge in [0, 0.05) is 12.1 Å². The molecule has 6 nitrogen and oxygen atoms in total. The average Bonchev–Trinajstić information content (AvgIpc) is 2.64. The third-order valence-corrected chi connectivity index (χ3v) is 6.02. The van der Waals surface area contributed by atoms with Gasteiger partial charge >= 0.3 is 11.9 Å². The molecule has 0 radical (unpaired) electrons. The number of aliphatic carboxylic acids is 2. The highest BCUT2D eigenvalue weighted by atomic mass is 35.6. The highest BCUT2D eigenvalue weighted by Gasteiger charge is 2.39. The molecule has 0 aromatic heterocycles. The number of halogens is 7. The van der Waals surface area contributed by atoms with E-state index in [2.05, 4.69) is 0 Å². The Morgan fingerprint density at radius 1 is 0.774 bits per heavy atom. The predicted molar refractivity (Wildman–Crippen MR) is 121 cm³/mol. The van der Waals surface area contributed by atoms with Gasteiger partial charge in [-0.05, 0) is 23.3 Å². The van der Waals surface area contributed by atoms with Crippen LogP contribution in [0.15, 0.2) is 24.3 Å². The van der Waals surface area contributed by atoms with Gasteiger partial charge in [0.2, 0.25) is 3.79 Å². The van der Waals surface area contributed by atoms with E-state index in [-0.39, 0.29) is 42.7 Å². The van der Waals surface area contributed by atoms with Crippen molar-refractivity contribution in [1.29, 1.82) is 0 Å². The van der Waals surface area contributed by atoms with Crippen LogP contribution in [0.25, 0.3) is 0 Å². The summed E-state index contributed by atoms with van der Waals surface area (Å²) in [5.41, 5.74) is 0.283. The van der Waals surface area contributed by atoms with Crippen molar-refractivity contribution in [2.45, 2.75) is 9.71 Å². The maximum Gasteiger partial charge on any atom is 0.341 e. The van der Waals surface area contributed by atoms with Crippen LogP contribution in [-0.4, -0.2) is 39.2 Å². The molecule has 0 spiro atoms. The van der Waals surface area contributed by atoms with Crippen molar-refractivity contribution in [1.82, 2.24) is 0 Å². The van der Waals surface area contributed by atoms with Gasteiger partial charge in [-0.3, -0.25) is 0 Å². The van der Waals surface area contributed by atoms with Gasteiger partial charge in [0.05, 0.1) is 26.0 Å². The number of carbonyl (C=O) groups is 2. The fourth-order valence-corrected chi connectivity index (χ4v) is 4.14. The number of rotatable bonds is 8. The van der Waals surface area contributed by atoms with E-state index in [0.717, 1.165) is 0 Å². The number of benzene rings is 2. The Bertz CT molecular complexity index is 932. The number of ether oxygens (including phenoxy) is 2. The Kier molecular flexibility index (Phi) is 9.11. The first-order valence-corrected chi connectivity index (χ1v) is 10.7. The molecule has 2 aromatic rings. The minimum Gasteiger partial charge on any atom is -0.482 e. The first-order chi connectivity index (χ1) is 14.3. The quantitative estimate of drug-likeness (QED) is 0.342. The lowest BCUT2D eigenvalue weighted by Crippen LogP contribution is -2.20. The lowest BCUT2D eigenvalue weighted by Gasteiger charge is -2.28. The predicted octanol–water partition coefficient (Wildman–Crippen LogP) is 6.73. The lowest BCUT2D eigenvalue weighted by molar-refractivity contribution is -0.140. The standard InChI is InChI=1S/C18H11Cl7O6/c19-11-3-7(30-5-13(26)27)1-9(16(11)21)15(18(23,24)25)10-2-8(31-6-14(28)29)4-12(20)17(10)22/h1-4,15H,5-6H2,(H,26,27)(H,28,29). The fraction of sp³-hybridized carbons (Fsp3) is 0.222. The minimum atomic E-state index is -2.06. The molecule has 0 saturated carbocycles. The lowest BCUT2D eigenvalue weighted by atomic mass is 9.91. The van der Waals surface area contributed by atoms with Gasteiger partial charge in [-0.1, -0.05) is 81.2 Å². The highest BCUT2D eigenvalue weighted by molar-refractivity contribution is 6.68. The van der Waals surface area contributed by atoms with Gasteiger partial charge in [-0.25, -0.2) is 9.59 Å². The van der Waals surface area contributed by atoms with Crippen molar-refractivity contribution in [3.63, 3.8) is 0 Å². The Balaban J connectivity index is 2.67. The smallest absolute Gasteiger partial charge is 0.341 e. The zero-order valence-electron chi connectivity index (χ0n) is 15.0. The molecule has 0 aliphatic carbocycles. The Labute approximate surface area is 211 Å². The first-order valence-electron chi connectivity index (χ1n) is 8.05. The van der Waals surface area contributed by atoms with Gasteiger partial charge in [0.25, 0.3) is 0 Å². The van der Waals surface area contributed by atoms with Crippen molar-refractivity contribution in [3.05, 3.63) is 55.5 Å². The molecule has 0 bridgehead atoms. The van der Waals surface area contributed by atoms with Crippen molar-refractivity contribution < 1.29 is 29.3 Å². The second-order valence-corrected chi connectivity index (χ2v) is 9.90. The zero-order chi connectivity index (χ0) is 23.5. The number of hydrogen-bond donors (Lipinski definition) is 2. The number of hydrogen-bond acceptors (Lipinski definition) is 4. The van der Waals surface area contributed by atoms with Crippen LogP contribution >= 0.6 is 81.2 Å². The summed E-state index contributed by atoms with van der Waals surface area (Å²) in [6, 6.07) is 5.29. The van der Waals surface area contributed by atoms with E-state index in [9.17, 15) is 9.59 Å². The monoisotopic (exact) mass is 568 g/mol. The van der Waals surface area contributed by atoms with E-state index < -0.39 is 34.9 Å². The summed E-state index contributed by atoms with van der Waals surface area (Å²) in [5, 5.41) is 17.7. The van der Waals surface area contributed by atoms with E-state index in [1.165, 1.54) is 24.3 Å². The molecule has 0 amide bonds. The normalized spacial score (nSPS) is 11.5. The topological polar surface area (TPSA) is 93.1 Å². The van der Waals surface area contributed by atoms with Crippen LogP contribution in [0, 0.1) is 0 Å². The Morgan fingerprint density at radius 2 is 1.13 bits per heavy atom. The second kappa shape index (κ2) is 10.8. The molecule has 0 fully saturated rings. The maximum atomic E-state index is 10.8. The summed E-state index contributed by atoms with van der Waals surface area (Å²) < 4.78 is 8.27. The summed E-state index contributed by atoms with van der Waals surface area (Å²) >= 11 is 43.7. The van der Waals surface area contributed by atoms with Gasteiger partial charge in [0.1, 0.15) is 11.5 Å². The van der Waals surface area contributed by atoms with Crippen LogP contribution in [0.2, 0.25) is 20.1 Å². The van der Waals surface area contributed by atoms with E-state index >= 15 is 0 Å². The molecule has 2 aromatic carbocycles. The SMILES string of the molecule is O=C(O)COc1cc(Cl)c(Cl)c(C(c2cc(OCC(=O)O)cc(Cl)c2Cl)C(Cl)(Cl)Cl)c1. The number of carboxylic acid groups (broad SMARTS) is 2. The van der Waals surface area contributed by atoms with Crippen LogP contribution in [0.3, 0.4) is 0 Å². The zero-order valence-corrected chi connectivity index (χ0v) is 20.3. The van der Waals surface area contributed by atoms with Crippen LogP contribution in [0.1, 0.15) is 17.0 Å². The molecule has 0 heterocycles. The minimum absolute atomic E-state index is 0.000642. The van der Waals surface area contributed by atoms with Crippen molar-refractivity contribution in [2.75, 3.05) is 13.2 Å². The largest absolute Gasteiger partial charge is 0.482 e.